The first kappa shape index (κ1) is 14.7. The predicted octanol–water partition coefficient (Wildman–Crippen LogP) is 4.58. The normalized spacial score (nSPS) is 11.0. The van der Waals surface area contributed by atoms with E-state index in [2.05, 4.69) is 22.8 Å². The number of benzene rings is 1. The number of nitrogens with two attached hydrogens (primary N) is 1. The first-order chi connectivity index (χ1) is 10.2. The van der Waals surface area contributed by atoms with Crippen molar-refractivity contribution >= 4 is 34.5 Å². The number of halogens is 2. The Kier molecular flexibility index (Phi) is 4.66. The van der Waals surface area contributed by atoms with Crippen LogP contribution in [0.1, 0.15) is 10.6 Å². The molecule has 2 nitrogen and oxygen atoms in total. The smallest absolute Gasteiger partial charge is 0.158 e. The fourth-order valence-electron chi connectivity index (χ4n) is 2.10. The third-order valence-electron chi connectivity index (χ3n) is 3.13. The van der Waals surface area contributed by atoms with E-state index in [1.807, 2.05) is 18.2 Å². The molecule has 0 unspecified atom stereocenters. The van der Waals surface area contributed by atoms with Crippen molar-refractivity contribution in [3.8, 4) is 11.3 Å². The van der Waals surface area contributed by atoms with Gasteiger partial charge in [-0.15, -0.1) is 11.3 Å². The van der Waals surface area contributed by atoms with Gasteiger partial charge in [0.1, 0.15) is 18.8 Å². The Bertz CT molecular complexity index is 722. The largest absolute Gasteiger partial charge is 0.455 e. The van der Waals surface area contributed by atoms with Gasteiger partial charge < -0.3 is 9.73 Å². The molecule has 3 aromatic rings. The third-order valence-corrected chi connectivity index (χ3v) is 4.59. The fraction of sp³-hybridized carbons (Fsp3) is 0.125. The zero-order chi connectivity index (χ0) is 14.7. The highest BCUT2D eigenvalue weighted by atomic mass is 35.5. The van der Waals surface area contributed by atoms with Crippen molar-refractivity contribution in [3.05, 3.63) is 68.5 Å². The molecule has 0 bridgehead atoms. The van der Waals surface area contributed by atoms with Crippen molar-refractivity contribution < 1.29 is 9.73 Å². The highest BCUT2D eigenvalue weighted by Gasteiger charge is 2.10. The molecule has 2 N–H and O–H groups in total. The van der Waals surface area contributed by atoms with Crippen LogP contribution in [0.2, 0.25) is 10.0 Å². The van der Waals surface area contributed by atoms with Crippen molar-refractivity contribution in [2.75, 3.05) is 0 Å². The molecular formula is C16H14Cl2NOS+. The van der Waals surface area contributed by atoms with Crippen molar-refractivity contribution in [2.45, 2.75) is 13.1 Å². The summed E-state index contributed by atoms with van der Waals surface area (Å²) in [4.78, 5) is 1.36. The Morgan fingerprint density at radius 1 is 1.05 bits per heavy atom. The minimum atomic E-state index is 0.642. The number of furan rings is 1. The van der Waals surface area contributed by atoms with Crippen LogP contribution >= 0.6 is 34.5 Å². The van der Waals surface area contributed by atoms with Gasteiger partial charge >= 0.3 is 0 Å². The number of hydrogen-bond donors (Lipinski definition) is 1. The predicted molar refractivity (Wildman–Crippen MR) is 87.8 cm³/mol. The second-order valence-electron chi connectivity index (χ2n) is 4.67. The minimum Gasteiger partial charge on any atom is -0.455 e. The van der Waals surface area contributed by atoms with Gasteiger partial charge in [-0.25, -0.2) is 0 Å². The molecular weight excluding hydrogens is 325 g/mol. The summed E-state index contributed by atoms with van der Waals surface area (Å²) in [5, 5.41) is 5.60. The summed E-state index contributed by atoms with van der Waals surface area (Å²) in [5.41, 5.74) is 0.827. The molecule has 2 heterocycles. The van der Waals surface area contributed by atoms with Crippen LogP contribution in [0.15, 0.2) is 52.3 Å². The van der Waals surface area contributed by atoms with Crippen molar-refractivity contribution in [3.63, 3.8) is 0 Å². The Morgan fingerprint density at radius 2 is 1.95 bits per heavy atom. The quantitative estimate of drug-likeness (QED) is 0.725. The maximum atomic E-state index is 6.19. The SMILES string of the molecule is Clc1ccc(Cl)c(-c2ccc(C[NH2+]Cc3cccs3)o2)c1. The van der Waals surface area contributed by atoms with E-state index in [9.17, 15) is 0 Å². The molecule has 5 heteroatoms. The van der Waals surface area contributed by atoms with E-state index in [1.54, 1.807) is 23.5 Å². The standard InChI is InChI=1S/C16H13Cl2NOS/c17-11-3-5-15(18)14(8-11)16-6-4-12(20-16)9-19-10-13-2-1-7-21-13/h1-8,19H,9-10H2/p+1. The molecule has 2 aromatic heterocycles. The second kappa shape index (κ2) is 6.67. The lowest BCUT2D eigenvalue weighted by molar-refractivity contribution is -0.687. The lowest BCUT2D eigenvalue weighted by atomic mass is 10.2. The van der Waals surface area contributed by atoms with E-state index in [0.29, 0.717) is 10.0 Å². The summed E-state index contributed by atoms with van der Waals surface area (Å²) in [5.74, 6) is 1.68. The summed E-state index contributed by atoms with van der Waals surface area (Å²) >= 11 is 14.0. The van der Waals surface area contributed by atoms with Gasteiger partial charge in [-0.1, -0.05) is 29.3 Å². The van der Waals surface area contributed by atoms with Gasteiger partial charge in [-0.3, -0.25) is 0 Å². The summed E-state index contributed by atoms with van der Waals surface area (Å²) in [6.07, 6.45) is 0. The fourth-order valence-corrected chi connectivity index (χ4v) is 3.19. The lowest BCUT2D eigenvalue weighted by Crippen LogP contribution is -2.80. The summed E-state index contributed by atoms with van der Waals surface area (Å²) in [6.45, 7) is 1.77. The van der Waals surface area contributed by atoms with Crippen LogP contribution < -0.4 is 5.32 Å². The first-order valence-electron chi connectivity index (χ1n) is 6.60. The lowest BCUT2D eigenvalue weighted by Gasteiger charge is -2.01. The average molecular weight is 339 g/mol. The van der Waals surface area contributed by atoms with Crippen molar-refractivity contribution in [1.29, 1.82) is 0 Å². The van der Waals surface area contributed by atoms with E-state index >= 15 is 0 Å². The second-order valence-corrected chi connectivity index (χ2v) is 6.54. The molecule has 1 aromatic carbocycles. The van der Waals surface area contributed by atoms with Crippen LogP contribution in [0, 0.1) is 0 Å². The molecule has 0 aliphatic heterocycles. The third kappa shape index (κ3) is 3.69. The number of hydrogen-bond acceptors (Lipinski definition) is 2. The first-order valence-corrected chi connectivity index (χ1v) is 8.24. The minimum absolute atomic E-state index is 0.642. The highest BCUT2D eigenvalue weighted by molar-refractivity contribution is 7.09. The number of quaternary nitrogens is 1. The van der Waals surface area contributed by atoms with Crippen molar-refractivity contribution in [2.24, 2.45) is 0 Å². The van der Waals surface area contributed by atoms with Gasteiger partial charge in [-0.05, 0) is 41.8 Å². The molecule has 0 saturated heterocycles. The van der Waals surface area contributed by atoms with Gasteiger partial charge in [0, 0.05) is 10.6 Å². The molecule has 0 aliphatic rings. The maximum Gasteiger partial charge on any atom is 0.158 e. The molecule has 21 heavy (non-hydrogen) atoms. The van der Waals surface area contributed by atoms with Gasteiger partial charge in [0.2, 0.25) is 0 Å². The van der Waals surface area contributed by atoms with E-state index in [4.69, 9.17) is 27.6 Å². The van der Waals surface area contributed by atoms with E-state index in [1.165, 1.54) is 4.88 Å². The van der Waals surface area contributed by atoms with E-state index in [-0.39, 0.29) is 0 Å². The number of thiophene rings is 1. The Hall–Kier alpha value is -1.26. The molecule has 3 rings (SSSR count). The van der Waals surface area contributed by atoms with Crippen LogP contribution in [0.25, 0.3) is 11.3 Å². The summed E-state index contributed by atoms with van der Waals surface area (Å²) in [6, 6.07) is 13.5. The molecule has 0 fully saturated rings. The molecule has 0 amide bonds. The van der Waals surface area contributed by atoms with Crippen LogP contribution in [-0.2, 0) is 13.1 Å². The van der Waals surface area contributed by atoms with E-state index in [0.717, 1.165) is 30.2 Å². The molecule has 0 aliphatic carbocycles. The van der Waals surface area contributed by atoms with Crippen LogP contribution in [0.4, 0.5) is 0 Å². The summed E-state index contributed by atoms with van der Waals surface area (Å²) < 4.78 is 5.85. The van der Waals surface area contributed by atoms with Gasteiger partial charge in [0.05, 0.1) is 9.90 Å². The topological polar surface area (TPSA) is 29.8 Å². The number of rotatable bonds is 5. The summed E-state index contributed by atoms with van der Waals surface area (Å²) in [7, 11) is 0. The molecule has 0 saturated carbocycles. The van der Waals surface area contributed by atoms with Gasteiger partial charge in [0.25, 0.3) is 0 Å². The zero-order valence-corrected chi connectivity index (χ0v) is 13.5. The van der Waals surface area contributed by atoms with E-state index < -0.39 is 0 Å². The van der Waals surface area contributed by atoms with Crippen LogP contribution in [0.5, 0.6) is 0 Å². The average Bonchev–Trinajstić information content (AvgIpc) is 3.13. The Balaban J connectivity index is 1.67. The molecule has 0 spiro atoms. The van der Waals surface area contributed by atoms with Gasteiger partial charge in [-0.2, -0.15) is 0 Å². The Labute approximate surface area is 137 Å². The monoisotopic (exact) mass is 338 g/mol. The maximum absolute atomic E-state index is 6.19. The van der Waals surface area contributed by atoms with Crippen molar-refractivity contribution in [1.82, 2.24) is 0 Å². The molecule has 0 radical (unpaired) electrons. The molecule has 0 atom stereocenters. The molecule has 108 valence electrons. The Morgan fingerprint density at radius 3 is 2.76 bits per heavy atom. The van der Waals surface area contributed by atoms with Crippen LogP contribution in [-0.4, -0.2) is 0 Å². The van der Waals surface area contributed by atoms with Crippen LogP contribution in [0.3, 0.4) is 0 Å². The zero-order valence-electron chi connectivity index (χ0n) is 11.2. The highest BCUT2D eigenvalue weighted by Crippen LogP contribution is 2.31. The van der Waals surface area contributed by atoms with Gasteiger partial charge in [0.15, 0.2) is 5.76 Å².